The van der Waals surface area contributed by atoms with Gasteiger partial charge in [-0.1, -0.05) is 13.8 Å². The number of aliphatic hydroxyl groups is 1. The predicted molar refractivity (Wildman–Crippen MR) is 60.4 cm³/mol. The molecule has 0 aromatic carbocycles. The third-order valence-electron chi connectivity index (χ3n) is 1.71. The van der Waals surface area contributed by atoms with Crippen LogP contribution in [0.25, 0.3) is 0 Å². The maximum Gasteiger partial charge on any atom is 0.439 e. The second-order valence-electron chi connectivity index (χ2n) is 2.75. The minimum atomic E-state index is -4.11. The zero-order valence-electron chi connectivity index (χ0n) is 9.84. The molecule has 0 aliphatic rings. The molecule has 0 rings (SSSR count). The SMILES string of the molecule is CCN(CC)CCO.COC(=O)S(N)(=O)=O. The van der Waals surface area contributed by atoms with Gasteiger partial charge in [0.2, 0.25) is 0 Å². The highest BCUT2D eigenvalue weighted by atomic mass is 32.2. The average Bonchev–Trinajstić information content (AvgIpc) is 2.24. The van der Waals surface area contributed by atoms with Crippen LogP contribution in [0.15, 0.2) is 0 Å². The third-order valence-corrected chi connectivity index (χ3v) is 2.34. The first-order valence-corrected chi connectivity index (χ1v) is 6.32. The lowest BCUT2D eigenvalue weighted by Crippen LogP contribution is -2.25. The van der Waals surface area contributed by atoms with Crippen LogP contribution >= 0.6 is 0 Å². The molecule has 7 nitrogen and oxygen atoms in total. The first kappa shape index (κ1) is 17.7. The van der Waals surface area contributed by atoms with Crippen molar-refractivity contribution in [3.05, 3.63) is 0 Å². The molecular weight excluding hydrogens is 236 g/mol. The summed E-state index contributed by atoms with van der Waals surface area (Å²) in [6.07, 6.45) is 0. The summed E-state index contributed by atoms with van der Waals surface area (Å²) in [4.78, 5) is 12.1. The summed E-state index contributed by atoms with van der Waals surface area (Å²) in [6, 6.07) is 0. The smallest absolute Gasteiger partial charge is 0.439 e. The topological polar surface area (TPSA) is 110 Å². The Kier molecular flexibility index (Phi) is 10.5. The molecule has 0 saturated heterocycles. The Labute approximate surface area is 96.2 Å². The van der Waals surface area contributed by atoms with Crippen molar-refractivity contribution in [2.45, 2.75) is 13.8 Å². The van der Waals surface area contributed by atoms with Gasteiger partial charge >= 0.3 is 15.3 Å². The molecule has 3 N–H and O–H groups in total. The monoisotopic (exact) mass is 256 g/mol. The van der Waals surface area contributed by atoms with Crippen LogP contribution < -0.4 is 5.14 Å². The van der Waals surface area contributed by atoms with Gasteiger partial charge in [-0.2, -0.15) is 0 Å². The zero-order valence-corrected chi connectivity index (χ0v) is 10.7. The van der Waals surface area contributed by atoms with Gasteiger partial charge in [0, 0.05) is 6.54 Å². The molecule has 0 saturated carbocycles. The largest absolute Gasteiger partial charge is 0.456 e. The number of primary sulfonamides is 1. The number of hydrogen-bond donors (Lipinski definition) is 2. The molecule has 0 amide bonds. The molecule has 0 aliphatic heterocycles. The first-order valence-electron chi connectivity index (χ1n) is 4.77. The number of sulfonamides is 1. The van der Waals surface area contributed by atoms with Crippen LogP contribution in [-0.2, 0) is 14.8 Å². The van der Waals surface area contributed by atoms with Crippen molar-refractivity contribution >= 4 is 15.3 Å². The highest BCUT2D eigenvalue weighted by Gasteiger charge is 2.15. The summed E-state index contributed by atoms with van der Waals surface area (Å²) >= 11 is 0. The number of likely N-dealkylation sites (N-methyl/N-ethyl adjacent to an activating group) is 1. The van der Waals surface area contributed by atoms with Crippen molar-refractivity contribution in [2.75, 3.05) is 33.4 Å². The van der Waals surface area contributed by atoms with Crippen LogP contribution in [0.5, 0.6) is 0 Å². The lowest BCUT2D eigenvalue weighted by atomic mass is 10.5. The van der Waals surface area contributed by atoms with E-state index in [0.717, 1.165) is 26.7 Å². The van der Waals surface area contributed by atoms with Crippen molar-refractivity contribution < 1.29 is 23.1 Å². The quantitative estimate of drug-likeness (QED) is 0.647. The summed E-state index contributed by atoms with van der Waals surface area (Å²) in [5.41, 5.74) is 0. The van der Waals surface area contributed by atoms with Crippen molar-refractivity contribution in [2.24, 2.45) is 5.14 Å². The number of carbonyl (C=O) groups excluding carboxylic acids is 1. The van der Waals surface area contributed by atoms with E-state index in [1.54, 1.807) is 0 Å². The summed E-state index contributed by atoms with van der Waals surface area (Å²) in [5.74, 6) is 0. The molecule has 0 heterocycles. The molecule has 0 bridgehead atoms. The molecule has 16 heavy (non-hydrogen) atoms. The summed E-state index contributed by atoms with van der Waals surface area (Å²) in [7, 11) is -3.18. The molecule has 0 atom stereocenters. The van der Waals surface area contributed by atoms with Gasteiger partial charge in [0.1, 0.15) is 0 Å². The van der Waals surface area contributed by atoms with E-state index in [9.17, 15) is 13.2 Å². The van der Waals surface area contributed by atoms with E-state index in [4.69, 9.17) is 5.11 Å². The van der Waals surface area contributed by atoms with Gasteiger partial charge in [-0.05, 0) is 13.1 Å². The number of methoxy groups -OCH3 is 1. The number of nitrogens with zero attached hydrogens (tertiary/aromatic N) is 1. The Morgan fingerprint density at radius 3 is 1.88 bits per heavy atom. The zero-order chi connectivity index (χ0) is 13.2. The highest BCUT2D eigenvalue weighted by molar-refractivity contribution is 8.03. The fourth-order valence-electron chi connectivity index (χ4n) is 0.797. The van der Waals surface area contributed by atoms with Gasteiger partial charge in [-0.25, -0.2) is 18.4 Å². The van der Waals surface area contributed by atoms with E-state index < -0.39 is 15.3 Å². The number of nitrogens with two attached hydrogens (primary N) is 1. The molecule has 0 aromatic heterocycles. The third kappa shape index (κ3) is 9.84. The molecule has 98 valence electrons. The van der Waals surface area contributed by atoms with Crippen LogP contribution in [0.3, 0.4) is 0 Å². The van der Waals surface area contributed by atoms with Crippen molar-refractivity contribution in [3.8, 4) is 0 Å². The van der Waals surface area contributed by atoms with Crippen LogP contribution in [0, 0.1) is 0 Å². The van der Waals surface area contributed by atoms with Gasteiger partial charge in [0.15, 0.2) is 0 Å². The number of ether oxygens (including phenoxy) is 1. The lowest BCUT2D eigenvalue weighted by molar-refractivity contribution is 0.197. The van der Waals surface area contributed by atoms with E-state index in [1.807, 2.05) is 0 Å². The maximum atomic E-state index is 9.90. The summed E-state index contributed by atoms with van der Waals surface area (Å²) in [6.45, 7) is 7.36. The molecule has 0 aliphatic carbocycles. The Morgan fingerprint density at radius 1 is 1.38 bits per heavy atom. The Hall–Kier alpha value is -0.700. The minimum Gasteiger partial charge on any atom is -0.456 e. The Balaban J connectivity index is 0. The highest BCUT2D eigenvalue weighted by Crippen LogP contribution is 1.83. The summed E-state index contributed by atoms with van der Waals surface area (Å²) < 4.78 is 23.5. The first-order chi connectivity index (χ1) is 7.33. The van der Waals surface area contributed by atoms with Crippen molar-refractivity contribution in [1.82, 2.24) is 4.90 Å². The predicted octanol–water partition coefficient (Wildman–Crippen LogP) is -0.638. The van der Waals surface area contributed by atoms with Gasteiger partial charge in [-0.3, -0.25) is 0 Å². The van der Waals surface area contributed by atoms with Gasteiger partial charge in [0.05, 0.1) is 13.7 Å². The van der Waals surface area contributed by atoms with E-state index in [0.29, 0.717) is 0 Å². The molecule has 8 heteroatoms. The minimum absolute atomic E-state index is 0.279. The van der Waals surface area contributed by atoms with Crippen LogP contribution in [0.1, 0.15) is 13.8 Å². The molecule has 0 unspecified atom stereocenters. The van der Waals surface area contributed by atoms with E-state index in [-0.39, 0.29) is 6.61 Å². The normalized spacial score (nSPS) is 10.6. The molecule has 0 spiro atoms. The fourth-order valence-corrected chi connectivity index (χ4v) is 1.03. The number of aliphatic hydroxyl groups excluding tert-OH is 1. The average molecular weight is 256 g/mol. The van der Waals surface area contributed by atoms with E-state index >= 15 is 0 Å². The lowest BCUT2D eigenvalue weighted by Gasteiger charge is -2.15. The van der Waals surface area contributed by atoms with Crippen LogP contribution in [0.2, 0.25) is 0 Å². The Bertz CT molecular complexity index is 274. The van der Waals surface area contributed by atoms with Crippen molar-refractivity contribution in [3.63, 3.8) is 0 Å². The number of hydrogen-bond acceptors (Lipinski definition) is 6. The van der Waals surface area contributed by atoms with Gasteiger partial charge < -0.3 is 14.7 Å². The number of rotatable bonds is 4. The second kappa shape index (κ2) is 9.52. The molecular formula is C8H20N2O5S. The molecule has 0 aromatic rings. The Morgan fingerprint density at radius 2 is 1.81 bits per heavy atom. The van der Waals surface area contributed by atoms with Gasteiger partial charge in [-0.15, -0.1) is 0 Å². The second-order valence-corrected chi connectivity index (χ2v) is 4.17. The summed E-state index contributed by atoms with van der Waals surface area (Å²) in [5, 5.41) is 11.3. The standard InChI is InChI=1S/C6H15NO.C2H5NO4S/c1-3-7(4-2)5-6-8;1-7-2(4)8(3,5)6/h8H,3-6H2,1-2H3;1H3,(H2,3,5,6). The van der Waals surface area contributed by atoms with E-state index in [2.05, 4.69) is 28.6 Å². The van der Waals surface area contributed by atoms with E-state index in [1.165, 1.54) is 0 Å². The number of carbonyl (C=O) groups is 1. The molecule has 0 radical (unpaired) electrons. The van der Waals surface area contributed by atoms with Crippen molar-refractivity contribution in [1.29, 1.82) is 0 Å². The molecule has 0 fully saturated rings. The fraction of sp³-hybridized carbons (Fsp3) is 0.875. The maximum absolute atomic E-state index is 9.90. The van der Waals surface area contributed by atoms with Crippen LogP contribution in [0.4, 0.5) is 4.79 Å². The van der Waals surface area contributed by atoms with Crippen LogP contribution in [-0.4, -0.2) is 57.1 Å². The van der Waals surface area contributed by atoms with Gasteiger partial charge in [0.25, 0.3) is 0 Å².